The number of hydrogen-bond donors (Lipinski definition) is 2. The van der Waals surface area contributed by atoms with Crippen molar-refractivity contribution in [1.82, 2.24) is 0 Å². The molecule has 1 fully saturated rings. The number of halogens is 2. The molecule has 2 N–H and O–H groups in total. The fourth-order valence-electron chi connectivity index (χ4n) is 2.80. The number of rotatable bonds is 4. The van der Waals surface area contributed by atoms with Crippen LogP contribution in [0.3, 0.4) is 0 Å². The Morgan fingerprint density at radius 3 is 2.57 bits per heavy atom. The summed E-state index contributed by atoms with van der Waals surface area (Å²) in [7, 11) is 0. The van der Waals surface area contributed by atoms with Gasteiger partial charge in [0.25, 0.3) is 0 Å². The number of anilines is 1. The summed E-state index contributed by atoms with van der Waals surface area (Å²) in [5.74, 6) is -2.16. The topological polar surface area (TPSA) is 66.4 Å². The molecule has 0 saturated heterocycles. The highest BCUT2D eigenvalue weighted by atomic mass is 35.5. The monoisotopic (exact) mass is 313 g/mol. The summed E-state index contributed by atoms with van der Waals surface area (Å²) in [6.45, 7) is 0. The van der Waals surface area contributed by atoms with Gasteiger partial charge in [0.2, 0.25) is 5.91 Å². The minimum atomic E-state index is -1.03. The third-order valence-corrected chi connectivity index (χ3v) is 4.28. The van der Waals surface area contributed by atoms with Crippen LogP contribution < -0.4 is 5.32 Å². The van der Waals surface area contributed by atoms with Crippen molar-refractivity contribution in [3.8, 4) is 0 Å². The van der Waals surface area contributed by atoms with Gasteiger partial charge in [0, 0.05) is 6.42 Å². The van der Waals surface area contributed by atoms with Crippen LogP contribution in [0.15, 0.2) is 18.2 Å². The van der Waals surface area contributed by atoms with Crippen LogP contribution in [0.25, 0.3) is 0 Å². The molecule has 1 aliphatic rings. The van der Waals surface area contributed by atoms with E-state index in [-0.39, 0.29) is 17.1 Å². The second-order valence-corrected chi connectivity index (χ2v) is 5.88. The molecule has 21 heavy (non-hydrogen) atoms. The van der Waals surface area contributed by atoms with Crippen molar-refractivity contribution in [1.29, 1.82) is 0 Å². The predicted octanol–water partition coefficient (Wildman–Crippen LogP) is 3.84. The Bertz CT molecular complexity index is 556. The first-order chi connectivity index (χ1) is 9.94. The van der Waals surface area contributed by atoms with Crippen molar-refractivity contribution in [3.63, 3.8) is 0 Å². The molecule has 0 bridgehead atoms. The third-order valence-electron chi connectivity index (χ3n) is 3.99. The molecule has 1 saturated carbocycles. The fraction of sp³-hybridized carbons (Fsp3) is 0.467. The Kier molecular flexibility index (Phi) is 4.83. The van der Waals surface area contributed by atoms with Crippen molar-refractivity contribution >= 4 is 29.2 Å². The number of carbonyl (C=O) groups excluding carboxylic acids is 1. The third kappa shape index (κ3) is 3.53. The fourth-order valence-corrected chi connectivity index (χ4v) is 2.97. The minimum Gasteiger partial charge on any atom is -0.481 e. The molecule has 0 aliphatic heterocycles. The zero-order valence-electron chi connectivity index (χ0n) is 11.5. The quantitative estimate of drug-likeness (QED) is 0.887. The minimum absolute atomic E-state index is 0.0242. The van der Waals surface area contributed by atoms with Gasteiger partial charge in [0.1, 0.15) is 0 Å². The molecule has 0 radical (unpaired) electrons. The van der Waals surface area contributed by atoms with E-state index in [1.54, 1.807) is 0 Å². The molecule has 0 aromatic heterocycles. The SMILES string of the molecule is O=C(CC1(C(=O)O)CCCCC1)Nc1cccc(Cl)c1F. The average molecular weight is 314 g/mol. The smallest absolute Gasteiger partial charge is 0.310 e. The molecular formula is C15H17ClFNO3. The lowest BCUT2D eigenvalue weighted by molar-refractivity contribution is -0.153. The molecule has 6 heteroatoms. The first-order valence-electron chi connectivity index (χ1n) is 6.92. The summed E-state index contributed by atoms with van der Waals surface area (Å²) >= 11 is 5.65. The lowest BCUT2D eigenvalue weighted by atomic mass is 9.71. The maximum atomic E-state index is 13.7. The summed E-state index contributed by atoms with van der Waals surface area (Å²) in [6, 6.07) is 4.30. The lowest BCUT2D eigenvalue weighted by Gasteiger charge is -2.32. The van der Waals surface area contributed by atoms with Crippen molar-refractivity contribution in [3.05, 3.63) is 29.0 Å². The number of hydrogen-bond acceptors (Lipinski definition) is 2. The first kappa shape index (κ1) is 15.8. The Balaban J connectivity index is 2.09. The summed E-state index contributed by atoms with van der Waals surface area (Å²) in [4.78, 5) is 23.6. The molecular weight excluding hydrogens is 297 g/mol. The number of nitrogens with one attached hydrogen (secondary N) is 1. The summed E-state index contributed by atoms with van der Waals surface area (Å²) in [5.41, 5.74) is -1.05. The molecule has 1 aliphatic carbocycles. The van der Waals surface area contributed by atoms with E-state index in [0.717, 1.165) is 19.3 Å². The Labute approximate surface area is 127 Å². The van der Waals surface area contributed by atoms with Crippen LogP contribution >= 0.6 is 11.6 Å². The van der Waals surface area contributed by atoms with Gasteiger partial charge in [-0.25, -0.2) is 4.39 Å². The Hall–Kier alpha value is -1.62. The molecule has 0 atom stereocenters. The number of amides is 1. The van der Waals surface area contributed by atoms with Gasteiger partial charge in [0.05, 0.1) is 16.1 Å². The zero-order chi connectivity index (χ0) is 15.5. The number of benzene rings is 1. The van der Waals surface area contributed by atoms with Gasteiger partial charge in [-0.1, -0.05) is 36.9 Å². The van der Waals surface area contributed by atoms with Crippen molar-refractivity contribution in [2.24, 2.45) is 5.41 Å². The van der Waals surface area contributed by atoms with E-state index in [4.69, 9.17) is 11.6 Å². The van der Waals surface area contributed by atoms with E-state index in [9.17, 15) is 19.1 Å². The highest BCUT2D eigenvalue weighted by Gasteiger charge is 2.41. The second-order valence-electron chi connectivity index (χ2n) is 5.47. The highest BCUT2D eigenvalue weighted by molar-refractivity contribution is 6.31. The molecule has 0 spiro atoms. The summed E-state index contributed by atoms with van der Waals surface area (Å²) in [6.07, 6.45) is 3.39. The largest absolute Gasteiger partial charge is 0.481 e. The van der Waals surface area contributed by atoms with Gasteiger partial charge in [-0.15, -0.1) is 0 Å². The van der Waals surface area contributed by atoms with Gasteiger partial charge in [-0.2, -0.15) is 0 Å². The van der Waals surface area contributed by atoms with Crippen molar-refractivity contribution in [2.75, 3.05) is 5.32 Å². The van der Waals surface area contributed by atoms with Crippen LogP contribution in [0, 0.1) is 11.2 Å². The zero-order valence-corrected chi connectivity index (χ0v) is 12.3. The Morgan fingerprint density at radius 2 is 1.95 bits per heavy atom. The first-order valence-corrected chi connectivity index (χ1v) is 7.30. The molecule has 1 aromatic rings. The summed E-state index contributed by atoms with van der Waals surface area (Å²) in [5, 5.41) is 11.8. The molecule has 1 aromatic carbocycles. The molecule has 114 valence electrons. The normalized spacial score (nSPS) is 17.2. The number of carbonyl (C=O) groups is 2. The lowest BCUT2D eigenvalue weighted by Crippen LogP contribution is -2.37. The maximum Gasteiger partial charge on any atom is 0.310 e. The maximum absolute atomic E-state index is 13.7. The van der Waals surface area contributed by atoms with Crippen LogP contribution in [-0.4, -0.2) is 17.0 Å². The van der Waals surface area contributed by atoms with Crippen LogP contribution in [0.5, 0.6) is 0 Å². The molecule has 0 unspecified atom stereocenters. The van der Waals surface area contributed by atoms with E-state index >= 15 is 0 Å². The van der Waals surface area contributed by atoms with Crippen LogP contribution in [0.1, 0.15) is 38.5 Å². The summed E-state index contributed by atoms with van der Waals surface area (Å²) < 4.78 is 13.7. The van der Waals surface area contributed by atoms with E-state index in [0.29, 0.717) is 12.8 Å². The van der Waals surface area contributed by atoms with Gasteiger partial charge >= 0.3 is 5.97 Å². The standard InChI is InChI=1S/C15H17ClFNO3/c16-10-5-4-6-11(13(10)17)18-12(19)9-15(14(20)21)7-2-1-3-8-15/h4-6H,1-3,7-9H2,(H,18,19)(H,20,21). The molecule has 4 nitrogen and oxygen atoms in total. The highest BCUT2D eigenvalue weighted by Crippen LogP contribution is 2.40. The van der Waals surface area contributed by atoms with Gasteiger partial charge in [-0.05, 0) is 25.0 Å². The van der Waals surface area contributed by atoms with Gasteiger partial charge in [0.15, 0.2) is 5.82 Å². The predicted molar refractivity (Wildman–Crippen MR) is 77.8 cm³/mol. The van der Waals surface area contributed by atoms with E-state index < -0.39 is 23.1 Å². The van der Waals surface area contributed by atoms with E-state index in [2.05, 4.69) is 5.32 Å². The number of carboxylic acids is 1. The Morgan fingerprint density at radius 1 is 1.29 bits per heavy atom. The number of aliphatic carboxylic acids is 1. The van der Waals surface area contributed by atoms with Crippen LogP contribution in [0.2, 0.25) is 5.02 Å². The van der Waals surface area contributed by atoms with Gasteiger partial charge in [-0.3, -0.25) is 9.59 Å². The molecule has 0 heterocycles. The second kappa shape index (κ2) is 6.43. The van der Waals surface area contributed by atoms with Crippen LogP contribution in [-0.2, 0) is 9.59 Å². The van der Waals surface area contributed by atoms with Gasteiger partial charge < -0.3 is 10.4 Å². The van der Waals surface area contributed by atoms with Crippen LogP contribution in [0.4, 0.5) is 10.1 Å². The van der Waals surface area contributed by atoms with Crippen molar-refractivity contribution in [2.45, 2.75) is 38.5 Å². The van der Waals surface area contributed by atoms with E-state index in [1.807, 2.05) is 0 Å². The average Bonchev–Trinajstić information content (AvgIpc) is 2.44. The number of carboxylic acid groups (broad SMARTS) is 1. The van der Waals surface area contributed by atoms with E-state index in [1.165, 1.54) is 18.2 Å². The molecule has 2 rings (SSSR count). The molecule has 1 amide bonds. The van der Waals surface area contributed by atoms with Crippen molar-refractivity contribution < 1.29 is 19.1 Å².